The molecular formula is C18H28N2O4S. The van der Waals surface area contributed by atoms with Gasteiger partial charge < -0.3 is 10.1 Å². The number of sulfonamides is 1. The first-order chi connectivity index (χ1) is 11.9. The van der Waals surface area contributed by atoms with Crippen LogP contribution in [0, 0.1) is 0 Å². The summed E-state index contributed by atoms with van der Waals surface area (Å²) in [5.41, 5.74) is 0.364. The van der Waals surface area contributed by atoms with Crippen LogP contribution in [0.5, 0.6) is 0 Å². The Morgan fingerprint density at radius 3 is 2.64 bits per heavy atom. The van der Waals surface area contributed by atoms with E-state index in [9.17, 15) is 13.2 Å². The number of amides is 1. The number of rotatable bonds is 8. The highest BCUT2D eigenvalue weighted by atomic mass is 32.2. The molecule has 1 aromatic rings. The maximum absolute atomic E-state index is 12.7. The number of carbonyl (C=O) groups excluding carboxylic acids is 1. The molecule has 1 N–H and O–H groups in total. The number of nitrogens with zero attached hydrogens (tertiary/aromatic N) is 1. The van der Waals surface area contributed by atoms with E-state index >= 15 is 0 Å². The molecule has 1 aliphatic heterocycles. The average molecular weight is 368 g/mol. The predicted octanol–water partition coefficient (Wildman–Crippen LogP) is 2.41. The molecule has 140 valence electrons. The van der Waals surface area contributed by atoms with Crippen molar-refractivity contribution in [2.45, 2.75) is 50.5 Å². The second kappa shape index (κ2) is 9.31. The molecule has 1 aromatic carbocycles. The highest BCUT2D eigenvalue weighted by molar-refractivity contribution is 7.89. The highest BCUT2D eigenvalue weighted by Crippen LogP contribution is 2.21. The molecule has 25 heavy (non-hydrogen) atoms. The smallest absolute Gasteiger partial charge is 0.251 e. The van der Waals surface area contributed by atoms with Gasteiger partial charge in [0.25, 0.3) is 5.91 Å². The van der Waals surface area contributed by atoms with E-state index in [0.717, 1.165) is 25.7 Å². The van der Waals surface area contributed by atoms with Crippen LogP contribution in [-0.2, 0) is 14.8 Å². The van der Waals surface area contributed by atoms with E-state index in [1.165, 1.54) is 10.4 Å². The summed E-state index contributed by atoms with van der Waals surface area (Å²) in [4.78, 5) is 12.4. The van der Waals surface area contributed by atoms with Crippen LogP contribution in [0.4, 0.5) is 0 Å². The third-order valence-electron chi connectivity index (χ3n) is 4.11. The van der Waals surface area contributed by atoms with Gasteiger partial charge >= 0.3 is 0 Å². The van der Waals surface area contributed by atoms with Gasteiger partial charge in [0.2, 0.25) is 10.0 Å². The number of ether oxygens (including phenoxy) is 1. The second-order valence-corrected chi connectivity index (χ2v) is 8.46. The normalized spacial score (nSPS) is 16.1. The van der Waals surface area contributed by atoms with Crippen molar-refractivity contribution in [2.75, 3.05) is 26.2 Å². The van der Waals surface area contributed by atoms with Crippen molar-refractivity contribution in [2.24, 2.45) is 0 Å². The van der Waals surface area contributed by atoms with E-state index in [1.807, 2.05) is 13.8 Å². The Balaban J connectivity index is 1.96. The first-order valence-electron chi connectivity index (χ1n) is 8.91. The molecule has 0 unspecified atom stereocenters. The summed E-state index contributed by atoms with van der Waals surface area (Å²) in [7, 11) is -3.52. The molecule has 7 heteroatoms. The van der Waals surface area contributed by atoms with Crippen LogP contribution in [0.25, 0.3) is 0 Å². The first kappa shape index (κ1) is 19.9. The minimum absolute atomic E-state index is 0.173. The fourth-order valence-corrected chi connectivity index (χ4v) is 4.31. The zero-order valence-electron chi connectivity index (χ0n) is 15.0. The lowest BCUT2D eigenvalue weighted by atomic mass is 10.2. The zero-order chi connectivity index (χ0) is 18.3. The minimum atomic E-state index is -3.52. The molecule has 0 aromatic heterocycles. The second-order valence-electron chi connectivity index (χ2n) is 6.52. The van der Waals surface area contributed by atoms with Crippen molar-refractivity contribution in [3.63, 3.8) is 0 Å². The molecule has 1 amide bonds. The molecule has 0 atom stereocenters. The minimum Gasteiger partial charge on any atom is -0.379 e. The van der Waals surface area contributed by atoms with E-state index < -0.39 is 10.0 Å². The Morgan fingerprint density at radius 1 is 1.24 bits per heavy atom. The third kappa shape index (κ3) is 5.80. The van der Waals surface area contributed by atoms with Gasteiger partial charge in [-0.25, -0.2) is 8.42 Å². The Morgan fingerprint density at radius 2 is 1.96 bits per heavy atom. The van der Waals surface area contributed by atoms with Crippen LogP contribution >= 0.6 is 0 Å². The van der Waals surface area contributed by atoms with E-state index in [4.69, 9.17) is 4.74 Å². The maximum atomic E-state index is 12.7. The van der Waals surface area contributed by atoms with Crippen LogP contribution in [-0.4, -0.2) is 51.0 Å². The predicted molar refractivity (Wildman–Crippen MR) is 97.1 cm³/mol. The molecule has 0 radical (unpaired) electrons. The summed E-state index contributed by atoms with van der Waals surface area (Å²) in [5, 5.41) is 2.80. The molecule has 1 heterocycles. The van der Waals surface area contributed by atoms with Crippen molar-refractivity contribution >= 4 is 15.9 Å². The molecule has 0 bridgehead atoms. The lowest BCUT2D eigenvalue weighted by Gasteiger charge is -2.26. The summed E-state index contributed by atoms with van der Waals surface area (Å²) >= 11 is 0. The highest BCUT2D eigenvalue weighted by Gasteiger charge is 2.26. The number of nitrogens with one attached hydrogen (secondary N) is 1. The Labute approximate surface area is 150 Å². The number of hydrogen-bond donors (Lipinski definition) is 1. The summed E-state index contributed by atoms with van der Waals surface area (Å²) in [6, 6.07) is 6.27. The van der Waals surface area contributed by atoms with E-state index in [0.29, 0.717) is 31.8 Å². The van der Waals surface area contributed by atoms with E-state index in [-0.39, 0.29) is 16.9 Å². The van der Waals surface area contributed by atoms with Gasteiger partial charge in [0.15, 0.2) is 0 Å². The Bertz CT molecular complexity index is 667. The van der Waals surface area contributed by atoms with Crippen LogP contribution in [0.3, 0.4) is 0 Å². The van der Waals surface area contributed by atoms with Gasteiger partial charge in [0.05, 0.1) is 11.0 Å². The van der Waals surface area contributed by atoms with Gasteiger partial charge in [0.1, 0.15) is 0 Å². The van der Waals surface area contributed by atoms with Crippen molar-refractivity contribution in [1.82, 2.24) is 9.62 Å². The van der Waals surface area contributed by atoms with Gasteiger partial charge in [0, 0.05) is 31.8 Å². The quantitative estimate of drug-likeness (QED) is 0.715. The Kier molecular flexibility index (Phi) is 7.40. The summed E-state index contributed by atoms with van der Waals surface area (Å²) < 4.78 is 32.3. The average Bonchev–Trinajstić information content (AvgIpc) is 2.62. The molecule has 0 aliphatic carbocycles. The van der Waals surface area contributed by atoms with Crippen LogP contribution < -0.4 is 5.32 Å². The third-order valence-corrected chi connectivity index (χ3v) is 6.00. The van der Waals surface area contributed by atoms with Crippen molar-refractivity contribution in [3.8, 4) is 0 Å². The lowest BCUT2D eigenvalue weighted by molar-refractivity contribution is 0.0757. The van der Waals surface area contributed by atoms with Gasteiger partial charge in [-0.15, -0.1) is 0 Å². The lowest BCUT2D eigenvalue weighted by Crippen LogP contribution is -2.35. The molecule has 6 nitrogen and oxygen atoms in total. The van der Waals surface area contributed by atoms with Gasteiger partial charge in [-0.1, -0.05) is 12.5 Å². The summed E-state index contributed by atoms with van der Waals surface area (Å²) in [6.45, 7) is 6.11. The van der Waals surface area contributed by atoms with Crippen LogP contribution in [0.2, 0.25) is 0 Å². The van der Waals surface area contributed by atoms with Gasteiger partial charge in [-0.3, -0.25) is 4.79 Å². The Hall–Kier alpha value is -1.44. The molecule has 0 spiro atoms. The summed E-state index contributed by atoms with van der Waals surface area (Å²) in [6.07, 6.45) is 3.73. The van der Waals surface area contributed by atoms with Gasteiger partial charge in [-0.2, -0.15) is 4.31 Å². The number of piperidine rings is 1. The number of hydrogen-bond acceptors (Lipinski definition) is 4. The molecule has 1 saturated heterocycles. The topological polar surface area (TPSA) is 75.7 Å². The molecule has 1 fully saturated rings. The van der Waals surface area contributed by atoms with Crippen LogP contribution in [0.15, 0.2) is 29.2 Å². The molecule has 2 rings (SSSR count). The fraction of sp³-hybridized carbons (Fsp3) is 0.611. The molecule has 0 saturated carbocycles. The van der Waals surface area contributed by atoms with Crippen molar-refractivity contribution in [1.29, 1.82) is 0 Å². The van der Waals surface area contributed by atoms with Crippen molar-refractivity contribution in [3.05, 3.63) is 29.8 Å². The van der Waals surface area contributed by atoms with Crippen molar-refractivity contribution < 1.29 is 17.9 Å². The summed E-state index contributed by atoms with van der Waals surface area (Å²) in [5.74, 6) is -0.264. The standard InChI is InChI=1S/C18H28N2O4S/c1-15(2)24-13-7-10-19-18(21)16-8-6-9-17(14-16)25(22,23)20-11-4-3-5-12-20/h6,8-9,14-15H,3-5,7,10-13H2,1-2H3,(H,19,21). The molecule has 1 aliphatic rings. The molecular weight excluding hydrogens is 340 g/mol. The fourth-order valence-electron chi connectivity index (χ4n) is 2.75. The van der Waals surface area contributed by atoms with E-state index in [2.05, 4.69) is 5.32 Å². The monoisotopic (exact) mass is 368 g/mol. The van der Waals surface area contributed by atoms with E-state index in [1.54, 1.807) is 18.2 Å². The first-order valence-corrected chi connectivity index (χ1v) is 10.4. The van der Waals surface area contributed by atoms with Gasteiger partial charge in [-0.05, 0) is 51.3 Å². The number of benzene rings is 1. The zero-order valence-corrected chi connectivity index (χ0v) is 15.8. The number of carbonyl (C=O) groups is 1. The van der Waals surface area contributed by atoms with Crippen LogP contribution in [0.1, 0.15) is 49.9 Å². The SMILES string of the molecule is CC(C)OCCCNC(=O)c1cccc(S(=O)(=O)N2CCCCC2)c1. The largest absolute Gasteiger partial charge is 0.379 e. The maximum Gasteiger partial charge on any atom is 0.251 e.